The molecule has 0 unspecified atom stereocenters. The van der Waals surface area contributed by atoms with Gasteiger partial charge in [0, 0.05) is 11.4 Å². The number of amides is 1. The van der Waals surface area contributed by atoms with Gasteiger partial charge in [-0.15, -0.1) is 24.9 Å². The fourth-order valence-corrected chi connectivity index (χ4v) is 4.62. The van der Waals surface area contributed by atoms with Crippen LogP contribution in [0.2, 0.25) is 0 Å². The van der Waals surface area contributed by atoms with Crippen molar-refractivity contribution in [3.63, 3.8) is 0 Å². The summed E-state index contributed by atoms with van der Waals surface area (Å²) in [5.74, 6) is -1.79. The van der Waals surface area contributed by atoms with Crippen LogP contribution in [0.5, 0.6) is 5.75 Å². The van der Waals surface area contributed by atoms with Crippen molar-refractivity contribution in [1.82, 2.24) is 4.90 Å². The van der Waals surface area contributed by atoms with Crippen LogP contribution < -0.4 is 10.1 Å². The maximum atomic E-state index is 13.6. The van der Waals surface area contributed by atoms with E-state index in [-0.39, 0.29) is 25.7 Å². The maximum absolute atomic E-state index is 13.6. The first-order chi connectivity index (χ1) is 18.9. The van der Waals surface area contributed by atoms with E-state index in [9.17, 15) is 41.0 Å². The number of aliphatic carboxylic acids is 1. The van der Waals surface area contributed by atoms with Gasteiger partial charge >= 0.3 is 18.5 Å². The van der Waals surface area contributed by atoms with Crippen molar-refractivity contribution in [2.24, 2.45) is 0 Å². The number of hydrogen-bond donors (Lipinski definition) is 2. The number of rotatable bonds is 11. The Morgan fingerprint density at radius 2 is 1.63 bits per heavy atom. The number of anilines is 1. The number of nitrogens with one attached hydrogen (secondary N) is 1. The standard InChI is InChI=1S/C27H26F6N2O5S/c1-16-4-7-19(39-16)14-35(13-17-5-9-20(10-6-17)41-25(2,3)24(37)38)15-23(36)34-22-11-8-18(40-27(31,32)33)12-21(22)26(28,29)30/h4-12H,13-15H2,1-3H3,(H,34,36)(H,37,38). The fraction of sp³-hybridized carbons (Fsp3) is 0.333. The highest BCUT2D eigenvalue weighted by molar-refractivity contribution is 8.01. The van der Waals surface area contributed by atoms with Crippen molar-refractivity contribution in [2.45, 2.75) is 56.0 Å². The zero-order valence-corrected chi connectivity index (χ0v) is 22.8. The highest BCUT2D eigenvalue weighted by Crippen LogP contribution is 2.38. The summed E-state index contributed by atoms with van der Waals surface area (Å²) in [7, 11) is 0. The number of carboxylic acids is 1. The van der Waals surface area contributed by atoms with Gasteiger partial charge in [0.05, 0.1) is 24.3 Å². The third kappa shape index (κ3) is 9.74. The van der Waals surface area contributed by atoms with Crippen molar-refractivity contribution in [3.05, 3.63) is 77.2 Å². The number of carbonyl (C=O) groups is 2. The van der Waals surface area contributed by atoms with Crippen LogP contribution >= 0.6 is 11.8 Å². The lowest BCUT2D eigenvalue weighted by atomic mass is 10.1. The minimum absolute atomic E-state index is 0.119. The molecule has 0 atom stereocenters. The maximum Gasteiger partial charge on any atom is 0.573 e. The van der Waals surface area contributed by atoms with Gasteiger partial charge in [-0.25, -0.2) is 0 Å². The van der Waals surface area contributed by atoms with Crippen LogP contribution in [0, 0.1) is 6.92 Å². The summed E-state index contributed by atoms with van der Waals surface area (Å²) in [4.78, 5) is 26.6. The quantitative estimate of drug-likeness (QED) is 0.178. The molecule has 222 valence electrons. The zero-order chi connectivity index (χ0) is 30.6. The second kappa shape index (κ2) is 12.5. The highest BCUT2D eigenvalue weighted by Gasteiger charge is 2.37. The lowest BCUT2D eigenvalue weighted by molar-refractivity contribution is -0.274. The number of hydrogen-bond acceptors (Lipinski definition) is 6. The normalized spacial score (nSPS) is 12.4. The molecule has 41 heavy (non-hydrogen) atoms. The monoisotopic (exact) mass is 604 g/mol. The van der Waals surface area contributed by atoms with E-state index in [4.69, 9.17) is 4.42 Å². The van der Waals surface area contributed by atoms with Crippen molar-refractivity contribution >= 4 is 29.3 Å². The third-order valence-electron chi connectivity index (χ3n) is 5.56. The second-order valence-corrected chi connectivity index (χ2v) is 11.2. The van der Waals surface area contributed by atoms with Crippen LogP contribution in [-0.2, 0) is 28.9 Å². The van der Waals surface area contributed by atoms with E-state index in [2.05, 4.69) is 10.1 Å². The average molecular weight is 605 g/mol. The predicted molar refractivity (Wildman–Crippen MR) is 138 cm³/mol. The number of aryl methyl sites for hydroxylation is 1. The topological polar surface area (TPSA) is 92.0 Å². The summed E-state index contributed by atoms with van der Waals surface area (Å²) >= 11 is 1.15. The van der Waals surface area contributed by atoms with Crippen LogP contribution in [0.25, 0.3) is 0 Å². The summed E-state index contributed by atoms with van der Waals surface area (Å²) in [5.41, 5.74) is -1.50. The van der Waals surface area contributed by atoms with E-state index in [1.165, 1.54) is 0 Å². The fourth-order valence-electron chi connectivity index (χ4n) is 3.67. The largest absolute Gasteiger partial charge is 0.573 e. The smallest absolute Gasteiger partial charge is 0.480 e. The molecule has 0 aliphatic carbocycles. The number of carbonyl (C=O) groups excluding carboxylic acids is 1. The molecule has 1 aromatic heterocycles. The Balaban J connectivity index is 1.78. The van der Waals surface area contributed by atoms with Crippen molar-refractivity contribution in [2.75, 3.05) is 11.9 Å². The van der Waals surface area contributed by atoms with Gasteiger partial charge in [-0.05, 0) is 68.8 Å². The molecule has 0 aliphatic heterocycles. The van der Waals surface area contributed by atoms with E-state index in [0.717, 1.165) is 17.3 Å². The Kier molecular flexibility index (Phi) is 9.70. The first-order valence-corrected chi connectivity index (χ1v) is 12.8. The van der Waals surface area contributed by atoms with Crippen molar-refractivity contribution < 1.29 is 50.2 Å². The first-order valence-electron chi connectivity index (χ1n) is 12.0. The number of nitrogens with zero attached hydrogens (tertiary/aromatic N) is 1. The summed E-state index contributed by atoms with van der Waals surface area (Å²) in [5, 5.41) is 11.5. The van der Waals surface area contributed by atoms with Crippen molar-refractivity contribution in [3.8, 4) is 5.75 Å². The molecule has 1 heterocycles. The molecule has 14 heteroatoms. The second-order valence-electron chi connectivity index (χ2n) is 9.52. The number of benzene rings is 2. The summed E-state index contributed by atoms with van der Waals surface area (Å²) in [6.07, 6.45) is -10.3. The molecule has 3 aromatic rings. The van der Waals surface area contributed by atoms with Gasteiger partial charge in [-0.3, -0.25) is 14.5 Å². The van der Waals surface area contributed by atoms with E-state index in [1.54, 1.807) is 62.1 Å². The molecular formula is C27H26F6N2O5S. The third-order valence-corrected chi connectivity index (χ3v) is 6.76. The molecular weight excluding hydrogens is 578 g/mol. The molecule has 0 saturated carbocycles. The number of carboxylic acid groups (broad SMARTS) is 1. The summed E-state index contributed by atoms with van der Waals surface area (Å²) in [6.45, 7) is 4.77. The Labute approximate surface area is 235 Å². The number of alkyl halides is 6. The molecule has 2 aromatic carbocycles. The molecule has 7 nitrogen and oxygen atoms in total. The van der Waals surface area contributed by atoms with Gasteiger partial charge in [-0.1, -0.05) is 12.1 Å². The molecule has 1 amide bonds. The van der Waals surface area contributed by atoms with Crippen LogP contribution in [0.4, 0.5) is 32.0 Å². The number of thioether (sulfide) groups is 1. The average Bonchev–Trinajstić information content (AvgIpc) is 3.23. The molecule has 0 spiro atoms. The van der Waals surface area contributed by atoms with E-state index in [0.29, 0.717) is 28.5 Å². The highest BCUT2D eigenvalue weighted by atomic mass is 32.2. The molecule has 0 aliphatic rings. The van der Waals surface area contributed by atoms with Crippen LogP contribution in [0.3, 0.4) is 0 Å². The lowest BCUT2D eigenvalue weighted by Crippen LogP contribution is -2.33. The Hall–Kier alpha value is -3.65. The molecule has 0 saturated heterocycles. The molecule has 2 N–H and O–H groups in total. The van der Waals surface area contributed by atoms with Gasteiger partial charge in [0.15, 0.2) is 0 Å². The van der Waals surface area contributed by atoms with Crippen molar-refractivity contribution in [1.29, 1.82) is 0 Å². The van der Waals surface area contributed by atoms with Crippen LogP contribution in [0.1, 0.15) is 36.5 Å². The van der Waals surface area contributed by atoms with Crippen LogP contribution in [0.15, 0.2) is 63.9 Å². The minimum atomic E-state index is -5.19. The number of furan rings is 1. The zero-order valence-electron chi connectivity index (χ0n) is 22.0. The number of halogens is 6. The van der Waals surface area contributed by atoms with Gasteiger partial charge < -0.3 is 19.6 Å². The van der Waals surface area contributed by atoms with Gasteiger partial charge in [-0.2, -0.15) is 13.2 Å². The molecule has 0 radical (unpaired) electrons. The van der Waals surface area contributed by atoms with E-state index in [1.807, 2.05) is 0 Å². The molecule has 0 fully saturated rings. The molecule has 3 rings (SSSR count). The Bertz CT molecular complexity index is 1370. The lowest BCUT2D eigenvalue weighted by Gasteiger charge is -2.22. The summed E-state index contributed by atoms with van der Waals surface area (Å²) in [6, 6.07) is 11.8. The Morgan fingerprint density at radius 3 is 2.17 bits per heavy atom. The Morgan fingerprint density at radius 1 is 0.976 bits per heavy atom. The molecule has 0 bridgehead atoms. The predicted octanol–water partition coefficient (Wildman–Crippen LogP) is 7.10. The minimum Gasteiger partial charge on any atom is -0.480 e. The number of ether oxygens (including phenoxy) is 1. The van der Waals surface area contributed by atoms with Gasteiger partial charge in [0.2, 0.25) is 5.91 Å². The van der Waals surface area contributed by atoms with Gasteiger partial charge in [0.1, 0.15) is 22.0 Å². The van der Waals surface area contributed by atoms with E-state index < -0.39 is 46.2 Å². The van der Waals surface area contributed by atoms with Gasteiger partial charge in [0.25, 0.3) is 0 Å². The van der Waals surface area contributed by atoms with E-state index >= 15 is 0 Å². The SMILES string of the molecule is Cc1ccc(CN(CC(=O)Nc2ccc(OC(F)(F)F)cc2C(F)(F)F)Cc2ccc(SC(C)(C)C(=O)O)cc2)o1. The van der Waals surface area contributed by atoms with Crippen LogP contribution in [-0.4, -0.2) is 39.5 Å². The summed E-state index contributed by atoms with van der Waals surface area (Å²) < 4.78 is 86.4. The first kappa shape index (κ1) is 31.9.